The highest BCUT2D eigenvalue weighted by atomic mass is 16.5. The fourth-order valence-electron chi connectivity index (χ4n) is 3.65. The van der Waals surface area contributed by atoms with Crippen LogP contribution in [0.4, 0.5) is 5.69 Å². The number of hydrogen-bond acceptors (Lipinski definition) is 6. The molecule has 8 nitrogen and oxygen atoms in total. The number of amides is 2. The van der Waals surface area contributed by atoms with Crippen LogP contribution in [0.25, 0.3) is 0 Å². The zero-order valence-corrected chi connectivity index (χ0v) is 19.0. The number of nitrogens with zero attached hydrogens (tertiary/aromatic N) is 2. The number of benzene rings is 2. The molecule has 0 saturated heterocycles. The Bertz CT molecular complexity index is 1210. The van der Waals surface area contributed by atoms with Crippen LogP contribution in [0.5, 0.6) is 11.5 Å². The maximum absolute atomic E-state index is 12.8. The van der Waals surface area contributed by atoms with Gasteiger partial charge in [0.05, 0.1) is 17.9 Å². The summed E-state index contributed by atoms with van der Waals surface area (Å²) in [6, 6.07) is 16.9. The minimum Gasteiger partial charge on any atom is -0.485 e. The number of nitrogens with one attached hydrogen (secondary N) is 1. The highest BCUT2D eigenvalue weighted by Crippen LogP contribution is 2.34. The van der Waals surface area contributed by atoms with E-state index in [0.717, 1.165) is 5.56 Å². The number of ketones is 1. The molecule has 0 fully saturated rings. The molecular formula is C26H25N3O5. The third-order valence-corrected chi connectivity index (χ3v) is 5.46. The number of hydrogen-bond donors (Lipinski definition) is 1. The van der Waals surface area contributed by atoms with Crippen LogP contribution in [0.1, 0.15) is 28.5 Å². The van der Waals surface area contributed by atoms with Crippen LogP contribution in [0.3, 0.4) is 0 Å². The summed E-state index contributed by atoms with van der Waals surface area (Å²) in [5.74, 6) is 0.0688. The van der Waals surface area contributed by atoms with Crippen molar-refractivity contribution in [2.45, 2.75) is 26.4 Å². The Morgan fingerprint density at radius 3 is 2.76 bits per heavy atom. The van der Waals surface area contributed by atoms with Gasteiger partial charge in [-0.1, -0.05) is 18.2 Å². The van der Waals surface area contributed by atoms with E-state index in [4.69, 9.17) is 9.47 Å². The van der Waals surface area contributed by atoms with E-state index in [-0.39, 0.29) is 37.4 Å². The average Bonchev–Trinajstić information content (AvgIpc) is 2.85. The van der Waals surface area contributed by atoms with Gasteiger partial charge in [0.1, 0.15) is 17.5 Å². The van der Waals surface area contributed by atoms with Crippen LogP contribution in [-0.4, -0.2) is 41.8 Å². The van der Waals surface area contributed by atoms with Gasteiger partial charge in [-0.15, -0.1) is 0 Å². The number of Topliss-reactive ketones (excluding diaryl/α,β-unsaturated/α-hetero) is 1. The van der Waals surface area contributed by atoms with Crippen LogP contribution < -0.4 is 19.7 Å². The van der Waals surface area contributed by atoms with Gasteiger partial charge in [0.2, 0.25) is 5.91 Å². The summed E-state index contributed by atoms with van der Waals surface area (Å²) in [6.45, 7) is 3.48. The van der Waals surface area contributed by atoms with Crippen LogP contribution in [-0.2, 0) is 16.1 Å². The minimum absolute atomic E-state index is 0.156. The highest BCUT2D eigenvalue weighted by molar-refractivity contribution is 6.05. The average molecular weight is 460 g/mol. The van der Waals surface area contributed by atoms with Gasteiger partial charge in [0.15, 0.2) is 19.0 Å². The molecule has 2 amide bonds. The predicted octanol–water partition coefficient (Wildman–Crippen LogP) is 3.08. The van der Waals surface area contributed by atoms with Crippen molar-refractivity contribution in [1.82, 2.24) is 10.3 Å². The molecule has 3 aromatic rings. The van der Waals surface area contributed by atoms with Crippen molar-refractivity contribution < 1.29 is 23.9 Å². The molecule has 0 bridgehead atoms. The summed E-state index contributed by atoms with van der Waals surface area (Å²) in [5.41, 5.74) is 2.47. The van der Waals surface area contributed by atoms with E-state index in [0.29, 0.717) is 28.4 Å². The van der Waals surface area contributed by atoms with E-state index in [9.17, 15) is 14.4 Å². The first-order valence-electron chi connectivity index (χ1n) is 10.9. The molecule has 0 spiro atoms. The normalized spacial score (nSPS) is 13.5. The van der Waals surface area contributed by atoms with Crippen molar-refractivity contribution in [3.63, 3.8) is 0 Å². The van der Waals surface area contributed by atoms with Crippen molar-refractivity contribution >= 4 is 23.3 Å². The largest absolute Gasteiger partial charge is 0.485 e. The number of ether oxygens (including phenoxy) is 2. The number of aryl methyl sites for hydroxylation is 1. The monoisotopic (exact) mass is 459 g/mol. The Labute approximate surface area is 197 Å². The van der Waals surface area contributed by atoms with Gasteiger partial charge in [0, 0.05) is 11.8 Å². The molecule has 1 atom stereocenters. The molecule has 0 radical (unpaired) electrons. The van der Waals surface area contributed by atoms with Gasteiger partial charge in [-0.2, -0.15) is 0 Å². The first-order valence-corrected chi connectivity index (χ1v) is 10.9. The van der Waals surface area contributed by atoms with E-state index < -0.39 is 6.04 Å². The van der Waals surface area contributed by atoms with Gasteiger partial charge in [-0.05, 0) is 61.9 Å². The topological polar surface area (TPSA) is 97.8 Å². The number of anilines is 1. The molecule has 1 aliphatic heterocycles. The first-order chi connectivity index (χ1) is 16.4. The van der Waals surface area contributed by atoms with Gasteiger partial charge in [0.25, 0.3) is 5.91 Å². The first kappa shape index (κ1) is 23.0. The lowest BCUT2D eigenvalue weighted by Crippen LogP contribution is -2.51. The van der Waals surface area contributed by atoms with Crippen molar-refractivity contribution in [2.75, 3.05) is 18.1 Å². The van der Waals surface area contributed by atoms with Crippen molar-refractivity contribution in [3.8, 4) is 11.5 Å². The highest BCUT2D eigenvalue weighted by Gasteiger charge is 2.33. The molecule has 0 unspecified atom stereocenters. The standard InChI is InChI=1S/C26H25N3O5/c1-17-6-5-8-21(12-17)33-15-23(30)19-9-10-24-22(13-19)29(25(31)16-34-24)18(2)26(32)28-14-20-7-3-4-11-27-20/h3-13,18H,14-16H2,1-2H3,(H,28,32)/t18-/m0/s1. The van der Waals surface area contributed by atoms with Gasteiger partial charge < -0.3 is 14.8 Å². The van der Waals surface area contributed by atoms with Crippen LogP contribution in [0.15, 0.2) is 66.9 Å². The lowest BCUT2D eigenvalue weighted by molar-refractivity contribution is -0.127. The summed E-state index contributed by atoms with van der Waals surface area (Å²) in [4.78, 5) is 43.9. The van der Waals surface area contributed by atoms with Gasteiger partial charge in [-0.25, -0.2) is 0 Å². The molecule has 0 saturated carbocycles. The summed E-state index contributed by atoms with van der Waals surface area (Å²) in [6.07, 6.45) is 1.65. The molecule has 8 heteroatoms. The fourth-order valence-corrected chi connectivity index (χ4v) is 3.65. The van der Waals surface area contributed by atoms with E-state index >= 15 is 0 Å². The Morgan fingerprint density at radius 1 is 1.15 bits per heavy atom. The van der Waals surface area contributed by atoms with Gasteiger partial charge >= 0.3 is 0 Å². The maximum Gasteiger partial charge on any atom is 0.265 e. The third kappa shape index (κ3) is 5.23. The zero-order chi connectivity index (χ0) is 24.1. The number of pyridine rings is 1. The molecule has 2 aromatic carbocycles. The second kappa shape index (κ2) is 10.2. The summed E-state index contributed by atoms with van der Waals surface area (Å²) >= 11 is 0. The zero-order valence-electron chi connectivity index (χ0n) is 19.0. The molecule has 1 N–H and O–H groups in total. The van der Waals surface area contributed by atoms with Crippen LogP contribution >= 0.6 is 0 Å². The summed E-state index contributed by atoms with van der Waals surface area (Å²) in [5, 5.41) is 2.80. The number of carbonyl (C=O) groups is 3. The van der Waals surface area contributed by atoms with Gasteiger partial charge in [-0.3, -0.25) is 24.3 Å². The summed E-state index contributed by atoms with van der Waals surface area (Å²) in [7, 11) is 0. The van der Waals surface area contributed by atoms with E-state index in [1.807, 2.05) is 31.2 Å². The van der Waals surface area contributed by atoms with E-state index in [1.54, 1.807) is 49.5 Å². The molecule has 0 aliphatic carbocycles. The lowest BCUT2D eigenvalue weighted by atomic mass is 10.1. The van der Waals surface area contributed by atoms with E-state index in [1.165, 1.54) is 4.90 Å². The minimum atomic E-state index is -0.812. The lowest BCUT2D eigenvalue weighted by Gasteiger charge is -2.33. The molecule has 2 heterocycles. The van der Waals surface area contributed by atoms with Crippen LogP contribution in [0, 0.1) is 6.92 Å². The Morgan fingerprint density at radius 2 is 2.00 bits per heavy atom. The SMILES string of the molecule is Cc1cccc(OCC(=O)c2ccc3c(c2)N([C@@H](C)C(=O)NCc2ccccn2)C(=O)CO3)c1. The Balaban J connectivity index is 1.49. The number of aromatic nitrogens is 1. The second-order valence-electron chi connectivity index (χ2n) is 7.98. The Hall–Kier alpha value is -4.20. The van der Waals surface area contributed by atoms with Crippen LogP contribution in [0.2, 0.25) is 0 Å². The predicted molar refractivity (Wildman–Crippen MR) is 126 cm³/mol. The number of rotatable bonds is 8. The molecule has 1 aliphatic rings. The second-order valence-corrected chi connectivity index (χ2v) is 7.98. The molecule has 4 rings (SSSR count). The summed E-state index contributed by atoms with van der Waals surface area (Å²) < 4.78 is 11.2. The molecule has 174 valence electrons. The quantitative estimate of drug-likeness (QED) is 0.520. The van der Waals surface area contributed by atoms with Crippen molar-refractivity contribution in [1.29, 1.82) is 0 Å². The molecule has 1 aromatic heterocycles. The molecule has 34 heavy (non-hydrogen) atoms. The van der Waals surface area contributed by atoms with E-state index in [2.05, 4.69) is 10.3 Å². The fraction of sp³-hybridized carbons (Fsp3) is 0.231. The Kier molecular flexibility index (Phi) is 6.87. The maximum atomic E-state index is 12.8. The molecular weight excluding hydrogens is 434 g/mol. The van der Waals surface area contributed by atoms with Crippen molar-refractivity contribution in [2.24, 2.45) is 0 Å². The smallest absolute Gasteiger partial charge is 0.265 e. The third-order valence-electron chi connectivity index (χ3n) is 5.46. The number of fused-ring (bicyclic) bond motifs is 1. The van der Waals surface area contributed by atoms with Crippen molar-refractivity contribution in [3.05, 3.63) is 83.7 Å². The number of carbonyl (C=O) groups excluding carboxylic acids is 3.